The molecule has 0 radical (unpaired) electrons. The normalized spacial score (nSPS) is 11.5. The van der Waals surface area contributed by atoms with Crippen LogP contribution >= 0.6 is 0 Å². The molecule has 0 bridgehead atoms. The fourth-order valence-electron chi connectivity index (χ4n) is 1.36. The smallest absolute Gasteiger partial charge is 0.328 e. The van der Waals surface area contributed by atoms with Crippen LogP contribution in [-0.4, -0.2) is 44.6 Å². The molecule has 1 aromatic carbocycles. The van der Waals surface area contributed by atoms with E-state index in [0.717, 1.165) is 12.1 Å². The van der Waals surface area contributed by atoms with Crippen molar-refractivity contribution in [2.45, 2.75) is 6.04 Å². The summed E-state index contributed by atoms with van der Waals surface area (Å²) in [5.41, 5.74) is -1.84. The van der Waals surface area contributed by atoms with Crippen molar-refractivity contribution in [3.63, 3.8) is 0 Å². The van der Waals surface area contributed by atoms with Crippen molar-refractivity contribution in [1.29, 1.82) is 0 Å². The van der Waals surface area contributed by atoms with Crippen molar-refractivity contribution in [2.24, 2.45) is 0 Å². The zero-order chi connectivity index (χ0) is 16.2. The Bertz CT molecular complexity index is 582. The number of carboxylic acids is 1. The molecular weight excluding hydrogens is 290 g/mol. The van der Waals surface area contributed by atoms with Gasteiger partial charge in [-0.3, -0.25) is 25.0 Å². The van der Waals surface area contributed by atoms with Crippen molar-refractivity contribution < 1.29 is 29.6 Å². The maximum Gasteiger partial charge on any atom is 0.328 e. The summed E-state index contributed by atoms with van der Waals surface area (Å²) in [4.78, 5) is 41.9. The van der Waals surface area contributed by atoms with E-state index in [9.17, 15) is 29.8 Å². The molecule has 0 saturated heterocycles. The first kappa shape index (κ1) is 16.0. The number of carboxylic acid groups (broad SMARTS) is 1. The Morgan fingerprint density at radius 3 is 1.95 bits per heavy atom. The van der Waals surface area contributed by atoms with E-state index >= 15 is 0 Å². The minimum atomic E-state index is -1.63. The second-order valence-electron chi connectivity index (χ2n) is 3.80. The topological polar surface area (TPSA) is 173 Å². The number of non-ortho nitro benzene ring substituents is 2. The zero-order valence-corrected chi connectivity index (χ0v) is 10.3. The van der Waals surface area contributed by atoms with Crippen LogP contribution in [0.5, 0.6) is 0 Å². The Kier molecular flexibility index (Phi) is 4.86. The largest absolute Gasteiger partial charge is 0.480 e. The molecule has 0 aliphatic carbocycles. The lowest BCUT2D eigenvalue weighted by molar-refractivity contribution is -0.394. The Morgan fingerprint density at radius 2 is 1.62 bits per heavy atom. The SMILES string of the molecule is O=C(NC(CO)C(=O)O)c1cc([N+](=O)[O-])cc([N+](=O)[O-])c1. The summed E-state index contributed by atoms with van der Waals surface area (Å²) in [6.07, 6.45) is 0. The highest BCUT2D eigenvalue weighted by Gasteiger charge is 2.23. The predicted molar refractivity (Wildman–Crippen MR) is 65.7 cm³/mol. The van der Waals surface area contributed by atoms with Crippen molar-refractivity contribution in [1.82, 2.24) is 5.32 Å². The third-order valence-corrected chi connectivity index (χ3v) is 2.37. The lowest BCUT2D eigenvalue weighted by atomic mass is 10.1. The van der Waals surface area contributed by atoms with Gasteiger partial charge in [-0.1, -0.05) is 0 Å². The molecule has 11 nitrogen and oxygen atoms in total. The average molecular weight is 299 g/mol. The number of aliphatic carboxylic acids is 1. The molecule has 11 heteroatoms. The zero-order valence-electron chi connectivity index (χ0n) is 10.3. The third-order valence-electron chi connectivity index (χ3n) is 2.37. The number of aliphatic hydroxyl groups is 1. The second kappa shape index (κ2) is 6.38. The van der Waals surface area contributed by atoms with Crippen LogP contribution in [-0.2, 0) is 4.79 Å². The summed E-state index contributed by atoms with van der Waals surface area (Å²) < 4.78 is 0. The van der Waals surface area contributed by atoms with Gasteiger partial charge in [-0.05, 0) is 0 Å². The van der Waals surface area contributed by atoms with Crippen molar-refractivity contribution >= 4 is 23.3 Å². The Hall–Kier alpha value is -3.08. The summed E-state index contributed by atoms with van der Waals surface area (Å²) in [6, 6.07) is 0.560. The van der Waals surface area contributed by atoms with Crippen molar-refractivity contribution in [2.75, 3.05) is 6.61 Å². The second-order valence-corrected chi connectivity index (χ2v) is 3.80. The molecule has 1 unspecified atom stereocenters. The fraction of sp³-hybridized carbons (Fsp3) is 0.200. The molecule has 0 spiro atoms. The summed E-state index contributed by atoms with van der Waals surface area (Å²) in [6.45, 7) is -0.905. The number of aliphatic hydroxyl groups excluding tert-OH is 1. The van der Waals surface area contributed by atoms with Gasteiger partial charge in [0.1, 0.15) is 0 Å². The summed E-state index contributed by atoms with van der Waals surface area (Å²) >= 11 is 0. The van der Waals surface area contributed by atoms with Gasteiger partial charge in [-0.15, -0.1) is 0 Å². The quantitative estimate of drug-likeness (QED) is 0.473. The van der Waals surface area contributed by atoms with E-state index in [4.69, 9.17) is 10.2 Å². The molecule has 0 saturated carbocycles. The number of carbonyl (C=O) groups excluding carboxylic acids is 1. The lowest BCUT2D eigenvalue weighted by Gasteiger charge is -2.11. The number of amides is 1. The number of carbonyl (C=O) groups is 2. The van der Waals surface area contributed by atoms with Crippen LogP contribution in [0.3, 0.4) is 0 Å². The van der Waals surface area contributed by atoms with Gasteiger partial charge < -0.3 is 15.5 Å². The number of hydrogen-bond donors (Lipinski definition) is 3. The van der Waals surface area contributed by atoms with Crippen molar-refractivity contribution in [3.8, 4) is 0 Å². The van der Waals surface area contributed by atoms with Crippen LogP contribution in [0.4, 0.5) is 11.4 Å². The third kappa shape index (κ3) is 3.94. The first-order valence-corrected chi connectivity index (χ1v) is 5.34. The number of nitrogens with zero attached hydrogens (tertiary/aromatic N) is 2. The van der Waals surface area contributed by atoms with E-state index in [1.165, 1.54) is 0 Å². The number of benzene rings is 1. The van der Waals surface area contributed by atoms with Gasteiger partial charge in [0.2, 0.25) is 0 Å². The van der Waals surface area contributed by atoms with Crippen molar-refractivity contribution in [3.05, 3.63) is 44.0 Å². The molecule has 1 rings (SSSR count). The van der Waals surface area contributed by atoms with Crippen LogP contribution < -0.4 is 5.32 Å². The van der Waals surface area contributed by atoms with E-state index < -0.39 is 51.3 Å². The summed E-state index contributed by atoms with van der Waals surface area (Å²) in [5, 5.41) is 40.6. The molecule has 0 aromatic heterocycles. The van der Waals surface area contributed by atoms with Gasteiger partial charge in [-0.25, -0.2) is 4.79 Å². The maximum absolute atomic E-state index is 11.7. The first-order chi connectivity index (χ1) is 9.76. The highest BCUT2D eigenvalue weighted by molar-refractivity contribution is 5.97. The summed E-state index contributed by atoms with van der Waals surface area (Å²) in [7, 11) is 0. The molecule has 1 amide bonds. The number of nitro benzene ring substituents is 2. The van der Waals surface area contributed by atoms with Crippen LogP contribution in [0.2, 0.25) is 0 Å². The minimum absolute atomic E-state index is 0.462. The van der Waals surface area contributed by atoms with Crippen LogP contribution in [0.15, 0.2) is 18.2 Å². The number of nitrogens with one attached hydrogen (secondary N) is 1. The molecular formula is C10H9N3O8. The van der Waals surface area contributed by atoms with E-state index in [2.05, 4.69) is 0 Å². The van der Waals surface area contributed by atoms with Gasteiger partial charge >= 0.3 is 5.97 Å². The standard InChI is InChI=1S/C10H9N3O8/c14-4-8(10(16)17)11-9(15)5-1-6(12(18)19)3-7(2-5)13(20)21/h1-3,8,14H,4H2,(H,11,15)(H,16,17). The van der Waals surface area contributed by atoms with Gasteiger partial charge in [0, 0.05) is 12.1 Å². The van der Waals surface area contributed by atoms with E-state index in [1.54, 1.807) is 0 Å². The summed E-state index contributed by atoms with van der Waals surface area (Å²) in [5.74, 6) is -2.62. The molecule has 21 heavy (non-hydrogen) atoms. The van der Waals surface area contributed by atoms with Crippen LogP contribution in [0.1, 0.15) is 10.4 Å². The Morgan fingerprint density at radius 1 is 1.14 bits per heavy atom. The maximum atomic E-state index is 11.7. The monoisotopic (exact) mass is 299 g/mol. The Labute approximate surface area is 116 Å². The van der Waals surface area contributed by atoms with Gasteiger partial charge in [-0.2, -0.15) is 0 Å². The molecule has 1 atom stereocenters. The van der Waals surface area contributed by atoms with Crippen LogP contribution in [0.25, 0.3) is 0 Å². The number of rotatable bonds is 6. The Balaban J connectivity index is 3.16. The highest BCUT2D eigenvalue weighted by atomic mass is 16.6. The lowest BCUT2D eigenvalue weighted by Crippen LogP contribution is -2.43. The van der Waals surface area contributed by atoms with E-state index in [1.807, 2.05) is 5.32 Å². The number of nitro groups is 2. The average Bonchev–Trinajstić information content (AvgIpc) is 2.43. The van der Waals surface area contributed by atoms with Gasteiger partial charge in [0.25, 0.3) is 17.3 Å². The molecule has 112 valence electrons. The number of hydrogen-bond acceptors (Lipinski definition) is 7. The minimum Gasteiger partial charge on any atom is -0.480 e. The molecule has 0 aliphatic rings. The molecule has 0 heterocycles. The fourth-order valence-corrected chi connectivity index (χ4v) is 1.36. The van der Waals surface area contributed by atoms with E-state index in [0.29, 0.717) is 6.07 Å². The molecule has 0 fully saturated rings. The molecule has 0 aliphatic heterocycles. The van der Waals surface area contributed by atoms with E-state index in [-0.39, 0.29) is 0 Å². The van der Waals surface area contributed by atoms with Gasteiger partial charge in [0.05, 0.1) is 28.1 Å². The molecule has 1 aromatic rings. The molecule has 3 N–H and O–H groups in total. The van der Waals surface area contributed by atoms with Crippen LogP contribution in [0, 0.1) is 20.2 Å². The van der Waals surface area contributed by atoms with Gasteiger partial charge in [0.15, 0.2) is 6.04 Å². The first-order valence-electron chi connectivity index (χ1n) is 5.34. The predicted octanol–water partition coefficient (Wildman–Crippen LogP) is -0.322. The highest BCUT2D eigenvalue weighted by Crippen LogP contribution is 2.22.